The van der Waals surface area contributed by atoms with Crippen LogP contribution in [0.25, 0.3) is 0 Å². The molecule has 0 aromatic carbocycles. The molecule has 1 saturated heterocycles. The minimum absolute atomic E-state index is 0.140. The Bertz CT molecular complexity index is 477. The number of H-pyrrole nitrogens is 1. The molecule has 18 heavy (non-hydrogen) atoms. The van der Waals surface area contributed by atoms with Crippen LogP contribution in [0.4, 0.5) is 0 Å². The van der Waals surface area contributed by atoms with Crippen LogP contribution in [0, 0.1) is 6.92 Å². The molecule has 0 unspecified atom stereocenters. The molecule has 2 rings (SSSR count). The van der Waals surface area contributed by atoms with Crippen LogP contribution in [0.2, 0.25) is 0 Å². The lowest BCUT2D eigenvalue weighted by atomic mass is 10.4. The number of imidazole rings is 1. The second-order valence-corrected chi connectivity index (χ2v) is 6.37. The maximum atomic E-state index is 11.8. The SMILES string of the molecule is Cc1ncc(S(=O)(=O)NCCCN2CCCC2)[nH]1. The molecular formula is C11H20N4O2S. The number of nitrogens with zero attached hydrogens (tertiary/aromatic N) is 2. The van der Waals surface area contributed by atoms with Gasteiger partial charge in [-0.15, -0.1) is 0 Å². The first-order valence-electron chi connectivity index (χ1n) is 6.31. The molecule has 0 bridgehead atoms. The molecule has 2 N–H and O–H groups in total. The van der Waals surface area contributed by atoms with Crippen molar-refractivity contribution >= 4 is 10.0 Å². The quantitative estimate of drug-likeness (QED) is 0.738. The fraction of sp³-hybridized carbons (Fsp3) is 0.727. The number of hydrogen-bond donors (Lipinski definition) is 2. The summed E-state index contributed by atoms with van der Waals surface area (Å²) in [4.78, 5) is 8.99. The zero-order valence-corrected chi connectivity index (χ0v) is 11.5. The van der Waals surface area contributed by atoms with Gasteiger partial charge in [-0.1, -0.05) is 0 Å². The van der Waals surface area contributed by atoms with E-state index in [0.717, 1.165) is 26.1 Å². The van der Waals surface area contributed by atoms with E-state index in [0.29, 0.717) is 12.4 Å². The van der Waals surface area contributed by atoms with Crippen LogP contribution in [0.5, 0.6) is 0 Å². The van der Waals surface area contributed by atoms with Gasteiger partial charge in [-0.25, -0.2) is 18.1 Å². The Morgan fingerprint density at radius 3 is 2.78 bits per heavy atom. The smallest absolute Gasteiger partial charge is 0.257 e. The molecule has 1 aliphatic rings. The molecule has 6 nitrogen and oxygen atoms in total. The molecule has 1 aromatic heterocycles. The molecule has 0 spiro atoms. The number of rotatable bonds is 6. The van der Waals surface area contributed by atoms with Crippen molar-refractivity contribution in [1.29, 1.82) is 0 Å². The summed E-state index contributed by atoms with van der Waals surface area (Å²) in [6.45, 7) is 5.45. The standard InChI is InChI=1S/C11H20N4O2S/c1-10-12-9-11(14-10)18(16,17)13-5-4-8-15-6-2-3-7-15/h9,13H,2-8H2,1H3,(H,12,14). The Hall–Kier alpha value is -0.920. The summed E-state index contributed by atoms with van der Waals surface area (Å²) >= 11 is 0. The van der Waals surface area contributed by atoms with Gasteiger partial charge in [0.15, 0.2) is 5.03 Å². The van der Waals surface area contributed by atoms with Crippen LogP contribution in [-0.4, -0.2) is 49.5 Å². The third kappa shape index (κ3) is 3.54. The number of aryl methyl sites for hydroxylation is 1. The Balaban J connectivity index is 1.75. The van der Waals surface area contributed by atoms with Crippen molar-refractivity contribution in [3.05, 3.63) is 12.0 Å². The van der Waals surface area contributed by atoms with Crippen LogP contribution >= 0.6 is 0 Å². The van der Waals surface area contributed by atoms with Crippen LogP contribution < -0.4 is 4.72 Å². The van der Waals surface area contributed by atoms with Crippen LogP contribution in [0.15, 0.2) is 11.2 Å². The topological polar surface area (TPSA) is 78.1 Å². The van der Waals surface area contributed by atoms with E-state index >= 15 is 0 Å². The number of sulfonamides is 1. The van der Waals surface area contributed by atoms with Gasteiger partial charge in [0.2, 0.25) is 0 Å². The molecule has 0 atom stereocenters. The third-order valence-electron chi connectivity index (χ3n) is 3.11. The highest BCUT2D eigenvalue weighted by Crippen LogP contribution is 2.08. The number of aromatic amines is 1. The van der Waals surface area contributed by atoms with Gasteiger partial charge in [0.25, 0.3) is 10.0 Å². The molecule has 1 fully saturated rings. The summed E-state index contributed by atoms with van der Waals surface area (Å²) in [5, 5.41) is 0.140. The Kier molecular flexibility index (Phi) is 4.36. The maximum absolute atomic E-state index is 11.8. The average molecular weight is 272 g/mol. The van der Waals surface area contributed by atoms with Gasteiger partial charge < -0.3 is 9.88 Å². The normalized spacial score (nSPS) is 17.4. The molecule has 0 saturated carbocycles. The van der Waals surface area contributed by atoms with Gasteiger partial charge in [-0.05, 0) is 45.8 Å². The Labute approximate surface area is 108 Å². The fourth-order valence-corrected chi connectivity index (χ4v) is 3.17. The Morgan fingerprint density at radius 1 is 1.44 bits per heavy atom. The summed E-state index contributed by atoms with van der Waals surface area (Å²) in [5.74, 6) is 0.604. The van der Waals surface area contributed by atoms with Crippen LogP contribution in [-0.2, 0) is 10.0 Å². The second kappa shape index (κ2) is 5.81. The van der Waals surface area contributed by atoms with Gasteiger partial charge in [0, 0.05) is 6.54 Å². The van der Waals surface area contributed by atoms with E-state index in [-0.39, 0.29) is 5.03 Å². The summed E-state index contributed by atoms with van der Waals surface area (Å²) in [5.41, 5.74) is 0. The maximum Gasteiger partial charge on any atom is 0.257 e. The highest BCUT2D eigenvalue weighted by Gasteiger charge is 2.16. The van der Waals surface area contributed by atoms with Gasteiger partial charge >= 0.3 is 0 Å². The molecule has 0 radical (unpaired) electrons. The molecule has 1 aliphatic heterocycles. The van der Waals surface area contributed by atoms with Gasteiger partial charge in [-0.2, -0.15) is 0 Å². The van der Waals surface area contributed by atoms with E-state index in [4.69, 9.17) is 0 Å². The molecule has 7 heteroatoms. The average Bonchev–Trinajstić information content (AvgIpc) is 2.95. The van der Waals surface area contributed by atoms with E-state index in [1.165, 1.54) is 19.0 Å². The number of aromatic nitrogens is 2. The van der Waals surface area contributed by atoms with E-state index in [9.17, 15) is 8.42 Å². The first kappa shape index (κ1) is 13.5. The number of nitrogens with one attached hydrogen (secondary N) is 2. The molecule has 2 heterocycles. The predicted molar refractivity (Wildman–Crippen MR) is 68.8 cm³/mol. The molecule has 0 amide bonds. The third-order valence-corrected chi connectivity index (χ3v) is 4.48. The minimum atomic E-state index is -3.42. The highest BCUT2D eigenvalue weighted by molar-refractivity contribution is 7.89. The zero-order valence-electron chi connectivity index (χ0n) is 10.6. The largest absolute Gasteiger partial charge is 0.332 e. The summed E-state index contributed by atoms with van der Waals surface area (Å²) in [7, 11) is -3.42. The van der Waals surface area contributed by atoms with Crippen molar-refractivity contribution in [2.24, 2.45) is 0 Å². The minimum Gasteiger partial charge on any atom is -0.332 e. The fourth-order valence-electron chi connectivity index (χ4n) is 2.13. The van der Waals surface area contributed by atoms with E-state index < -0.39 is 10.0 Å². The van der Waals surface area contributed by atoms with Crippen LogP contribution in [0.3, 0.4) is 0 Å². The zero-order chi connectivity index (χ0) is 13.0. The van der Waals surface area contributed by atoms with Gasteiger partial charge in [0.1, 0.15) is 5.82 Å². The van der Waals surface area contributed by atoms with E-state index in [2.05, 4.69) is 19.6 Å². The lowest BCUT2D eigenvalue weighted by molar-refractivity contribution is 0.334. The first-order chi connectivity index (χ1) is 8.58. The summed E-state index contributed by atoms with van der Waals surface area (Å²) < 4.78 is 26.3. The molecule has 0 aliphatic carbocycles. The summed E-state index contributed by atoms with van der Waals surface area (Å²) in [6.07, 6.45) is 4.71. The monoisotopic (exact) mass is 272 g/mol. The number of likely N-dealkylation sites (tertiary alicyclic amines) is 1. The first-order valence-corrected chi connectivity index (χ1v) is 7.80. The van der Waals surface area contributed by atoms with Crippen molar-refractivity contribution in [3.8, 4) is 0 Å². The van der Waals surface area contributed by atoms with Gasteiger partial charge in [0.05, 0.1) is 6.20 Å². The van der Waals surface area contributed by atoms with Crippen LogP contribution in [0.1, 0.15) is 25.1 Å². The number of hydrogen-bond acceptors (Lipinski definition) is 4. The van der Waals surface area contributed by atoms with Crippen molar-refractivity contribution < 1.29 is 8.42 Å². The summed E-state index contributed by atoms with van der Waals surface area (Å²) in [6, 6.07) is 0. The van der Waals surface area contributed by atoms with Gasteiger partial charge in [-0.3, -0.25) is 0 Å². The Morgan fingerprint density at radius 2 is 2.17 bits per heavy atom. The predicted octanol–water partition coefficient (Wildman–Crippen LogP) is 0.482. The van der Waals surface area contributed by atoms with Crippen molar-refractivity contribution in [3.63, 3.8) is 0 Å². The van der Waals surface area contributed by atoms with E-state index in [1.54, 1.807) is 6.92 Å². The second-order valence-electron chi connectivity index (χ2n) is 4.63. The molecular weight excluding hydrogens is 252 g/mol. The van der Waals surface area contributed by atoms with Crippen molar-refractivity contribution in [2.45, 2.75) is 31.2 Å². The molecule has 102 valence electrons. The van der Waals surface area contributed by atoms with E-state index in [1.807, 2.05) is 0 Å². The van der Waals surface area contributed by atoms with Crippen molar-refractivity contribution in [1.82, 2.24) is 19.6 Å². The lowest BCUT2D eigenvalue weighted by Crippen LogP contribution is -2.29. The highest BCUT2D eigenvalue weighted by atomic mass is 32.2. The van der Waals surface area contributed by atoms with Crippen molar-refractivity contribution in [2.75, 3.05) is 26.2 Å². The lowest BCUT2D eigenvalue weighted by Gasteiger charge is -2.14. The molecule has 1 aromatic rings.